The Bertz CT molecular complexity index is 1260. The van der Waals surface area contributed by atoms with Gasteiger partial charge < -0.3 is 18.8 Å². The van der Waals surface area contributed by atoms with Crippen molar-refractivity contribution in [2.24, 2.45) is 0 Å². The molecule has 0 bridgehead atoms. The van der Waals surface area contributed by atoms with Crippen molar-refractivity contribution in [1.82, 2.24) is 4.57 Å². The van der Waals surface area contributed by atoms with Crippen LogP contribution in [0.3, 0.4) is 0 Å². The van der Waals surface area contributed by atoms with Gasteiger partial charge in [0.25, 0.3) is 0 Å². The Morgan fingerprint density at radius 2 is 1.32 bits per heavy atom. The normalized spacial score (nSPS) is 11.0. The molecule has 0 aliphatic carbocycles. The van der Waals surface area contributed by atoms with E-state index in [-0.39, 0.29) is 30.7 Å². The van der Waals surface area contributed by atoms with Crippen LogP contribution in [-0.2, 0) is 16.0 Å². The Kier molecular flexibility index (Phi) is 13.4. The van der Waals surface area contributed by atoms with E-state index in [4.69, 9.17) is 14.2 Å². The summed E-state index contributed by atoms with van der Waals surface area (Å²) in [5.74, 6) is -0.315. The van der Waals surface area contributed by atoms with E-state index >= 15 is 0 Å². The van der Waals surface area contributed by atoms with Gasteiger partial charge >= 0.3 is 11.9 Å². The summed E-state index contributed by atoms with van der Waals surface area (Å²) in [5, 5.41) is 0.760. The van der Waals surface area contributed by atoms with Crippen LogP contribution in [0.25, 0.3) is 10.9 Å². The number of fused-ring (bicyclic) bond motifs is 1. The number of esters is 2. The molecule has 7 nitrogen and oxygen atoms in total. The van der Waals surface area contributed by atoms with E-state index in [9.17, 15) is 14.4 Å². The maximum absolute atomic E-state index is 13.5. The van der Waals surface area contributed by atoms with Crippen LogP contribution in [0.2, 0.25) is 0 Å². The lowest BCUT2D eigenvalue weighted by molar-refractivity contribution is 0.0506. The van der Waals surface area contributed by atoms with Crippen LogP contribution >= 0.6 is 0 Å². The fourth-order valence-corrected chi connectivity index (χ4v) is 5.11. The van der Waals surface area contributed by atoms with Crippen LogP contribution in [0.5, 0.6) is 5.75 Å². The van der Waals surface area contributed by atoms with Crippen molar-refractivity contribution in [3.63, 3.8) is 0 Å². The largest absolute Gasteiger partial charge is 0.492 e. The van der Waals surface area contributed by atoms with Crippen LogP contribution in [0.4, 0.5) is 0 Å². The summed E-state index contributed by atoms with van der Waals surface area (Å²) in [4.78, 5) is 38.6. The summed E-state index contributed by atoms with van der Waals surface area (Å²) >= 11 is 0. The van der Waals surface area contributed by atoms with E-state index in [2.05, 4.69) is 6.92 Å². The van der Waals surface area contributed by atoms with Crippen molar-refractivity contribution in [3.8, 4) is 5.75 Å². The molecule has 1 heterocycles. The lowest BCUT2D eigenvalue weighted by Crippen LogP contribution is -2.18. The number of hydrogen-bond acceptors (Lipinski definition) is 6. The molecule has 7 heteroatoms. The molecule has 0 saturated heterocycles. The van der Waals surface area contributed by atoms with E-state index in [1.165, 1.54) is 38.5 Å². The molecule has 0 unspecified atom stereocenters. The Hall–Kier alpha value is -3.61. The first-order chi connectivity index (χ1) is 20.0. The second kappa shape index (κ2) is 17.3. The van der Waals surface area contributed by atoms with Gasteiger partial charge in [-0.15, -0.1) is 0 Å². The van der Waals surface area contributed by atoms with E-state index in [0.717, 1.165) is 30.2 Å². The van der Waals surface area contributed by atoms with Gasteiger partial charge in [0.05, 0.1) is 30.9 Å². The zero-order valence-corrected chi connectivity index (χ0v) is 24.9. The molecule has 0 amide bonds. The molecule has 41 heavy (non-hydrogen) atoms. The molecule has 0 N–H and O–H groups in total. The number of benzene rings is 2. The minimum Gasteiger partial charge on any atom is -0.492 e. The minimum atomic E-state index is -0.502. The topological polar surface area (TPSA) is 83.8 Å². The number of ketones is 1. The van der Waals surface area contributed by atoms with Crippen molar-refractivity contribution in [3.05, 3.63) is 65.4 Å². The molecule has 2 aromatic carbocycles. The highest BCUT2D eigenvalue weighted by molar-refractivity contribution is 6.15. The fraction of sp³-hybridized carbons (Fsp3) is 0.500. The minimum absolute atomic E-state index is 0.0265. The molecule has 222 valence electrons. The van der Waals surface area contributed by atoms with E-state index < -0.39 is 5.97 Å². The molecule has 0 radical (unpaired) electrons. The summed E-state index contributed by atoms with van der Waals surface area (Å²) in [6.07, 6.45) is 11.0. The second-order valence-corrected chi connectivity index (χ2v) is 10.2. The monoisotopic (exact) mass is 563 g/mol. The molecule has 3 rings (SSSR count). The quantitative estimate of drug-likeness (QED) is 0.0831. The van der Waals surface area contributed by atoms with Gasteiger partial charge in [0.15, 0.2) is 5.78 Å². The third-order valence-electron chi connectivity index (χ3n) is 7.17. The maximum atomic E-state index is 13.5. The van der Waals surface area contributed by atoms with Crippen molar-refractivity contribution in [2.45, 2.75) is 91.5 Å². The highest BCUT2D eigenvalue weighted by atomic mass is 16.5. The first kappa shape index (κ1) is 31.9. The summed E-state index contributed by atoms with van der Waals surface area (Å²) in [6, 6.07) is 14.3. The van der Waals surface area contributed by atoms with Crippen molar-refractivity contribution in [1.29, 1.82) is 0 Å². The number of carbonyl (C=O) groups excluding carboxylic acids is 3. The van der Waals surface area contributed by atoms with Gasteiger partial charge in [-0.2, -0.15) is 0 Å². The summed E-state index contributed by atoms with van der Waals surface area (Å²) in [5.41, 5.74) is 1.98. The first-order valence-electron chi connectivity index (χ1n) is 15.2. The van der Waals surface area contributed by atoms with E-state index in [1.807, 2.05) is 28.8 Å². The summed E-state index contributed by atoms with van der Waals surface area (Å²) < 4.78 is 18.2. The molecular weight excluding hydrogens is 518 g/mol. The number of para-hydroxylation sites is 1. The second-order valence-electron chi connectivity index (χ2n) is 10.2. The first-order valence-corrected chi connectivity index (χ1v) is 15.2. The number of carbonyl (C=O) groups is 3. The standard InChI is InChI=1S/C34H45NO6/c1-4-7-8-9-10-11-12-13-14-19-30(36)31-28-17-15-16-18-29(28)35(32(31)34(38)40-6-3)24-25-41-27-22-20-26(21-23-27)33(37)39-5-2/h15-18,20-23H,4-14,19,24-25H2,1-3H3. The van der Waals surface area contributed by atoms with Gasteiger partial charge in [0, 0.05) is 17.3 Å². The number of Topliss-reactive ketones (excluding diaryl/α,β-unsaturated/α-hetero) is 1. The lowest BCUT2D eigenvalue weighted by Gasteiger charge is -2.13. The lowest BCUT2D eigenvalue weighted by atomic mass is 10.00. The number of hydrogen-bond donors (Lipinski definition) is 0. The zero-order valence-electron chi connectivity index (χ0n) is 24.9. The van der Waals surface area contributed by atoms with Crippen molar-refractivity contribution >= 4 is 28.6 Å². The van der Waals surface area contributed by atoms with Crippen LogP contribution in [0.15, 0.2) is 48.5 Å². The Balaban J connectivity index is 1.70. The Labute approximate surface area is 244 Å². The predicted molar refractivity (Wildman–Crippen MR) is 162 cm³/mol. The number of aromatic nitrogens is 1. The van der Waals surface area contributed by atoms with Crippen LogP contribution in [0, 0.1) is 0 Å². The Morgan fingerprint density at radius 3 is 1.98 bits per heavy atom. The summed E-state index contributed by atoms with van der Waals surface area (Å²) in [7, 11) is 0. The van der Waals surface area contributed by atoms with Crippen molar-refractivity contribution < 1.29 is 28.6 Å². The van der Waals surface area contributed by atoms with Crippen LogP contribution in [-0.4, -0.2) is 42.1 Å². The van der Waals surface area contributed by atoms with Gasteiger partial charge in [-0.3, -0.25) is 4.79 Å². The third-order valence-corrected chi connectivity index (χ3v) is 7.17. The van der Waals surface area contributed by atoms with Crippen LogP contribution in [0.1, 0.15) is 116 Å². The molecule has 0 aliphatic heterocycles. The number of nitrogens with zero attached hydrogens (tertiary/aromatic N) is 1. The Morgan fingerprint density at radius 1 is 0.707 bits per heavy atom. The average Bonchev–Trinajstić information content (AvgIpc) is 3.31. The van der Waals surface area contributed by atoms with Gasteiger partial charge in [0.2, 0.25) is 0 Å². The third kappa shape index (κ3) is 9.20. The fourth-order valence-electron chi connectivity index (χ4n) is 5.11. The zero-order chi connectivity index (χ0) is 29.5. The smallest absolute Gasteiger partial charge is 0.355 e. The number of unbranched alkanes of at least 4 members (excludes halogenated alkanes) is 8. The predicted octanol–water partition coefficient (Wildman–Crippen LogP) is 8.18. The van der Waals surface area contributed by atoms with Gasteiger partial charge in [-0.25, -0.2) is 9.59 Å². The molecule has 1 aromatic heterocycles. The molecule has 0 saturated carbocycles. The molecule has 3 aromatic rings. The highest BCUT2D eigenvalue weighted by Crippen LogP contribution is 2.29. The van der Waals surface area contributed by atoms with Gasteiger partial charge in [-0.05, 0) is 50.6 Å². The van der Waals surface area contributed by atoms with Gasteiger partial charge in [-0.1, -0.05) is 76.5 Å². The molecular formula is C34H45NO6. The SMILES string of the molecule is CCCCCCCCCCCC(=O)c1c(C(=O)OCC)n(CCOc2ccc(C(=O)OCC)cc2)c2ccccc12. The molecule has 0 atom stereocenters. The maximum Gasteiger partial charge on any atom is 0.355 e. The summed E-state index contributed by atoms with van der Waals surface area (Å²) in [6.45, 7) is 6.89. The van der Waals surface area contributed by atoms with Crippen LogP contribution < -0.4 is 4.74 Å². The number of ether oxygens (including phenoxy) is 3. The average molecular weight is 564 g/mol. The van der Waals surface area contributed by atoms with Gasteiger partial charge in [0.1, 0.15) is 18.1 Å². The molecule has 0 fully saturated rings. The van der Waals surface area contributed by atoms with E-state index in [0.29, 0.717) is 36.4 Å². The molecule has 0 aliphatic rings. The highest BCUT2D eigenvalue weighted by Gasteiger charge is 2.27. The molecule has 0 spiro atoms. The van der Waals surface area contributed by atoms with E-state index in [1.54, 1.807) is 38.1 Å². The number of rotatable bonds is 19. The van der Waals surface area contributed by atoms with Crippen molar-refractivity contribution in [2.75, 3.05) is 19.8 Å².